The number of aliphatic hydroxyl groups excluding tert-OH is 1. The lowest BCUT2D eigenvalue weighted by Gasteiger charge is -2.66. The first-order valence-corrected chi connectivity index (χ1v) is 7.54. The Morgan fingerprint density at radius 3 is 2.22 bits per heavy atom. The van der Waals surface area contributed by atoms with Crippen molar-refractivity contribution in [1.29, 1.82) is 0 Å². The Kier molecular flexibility index (Phi) is 2.39. The second-order valence-electron chi connectivity index (χ2n) is 8.59. The van der Waals surface area contributed by atoms with Crippen LogP contribution in [0.5, 0.6) is 0 Å². The highest BCUT2D eigenvalue weighted by Crippen LogP contribution is 2.71. The van der Waals surface area contributed by atoms with E-state index in [9.17, 15) is 10.2 Å². The van der Waals surface area contributed by atoms with Gasteiger partial charge in [-0.3, -0.25) is 0 Å². The summed E-state index contributed by atoms with van der Waals surface area (Å²) in [6.45, 7) is 9.17. The van der Waals surface area contributed by atoms with Gasteiger partial charge in [-0.15, -0.1) is 0 Å². The summed E-state index contributed by atoms with van der Waals surface area (Å²) in [6, 6.07) is 0. The molecule has 0 amide bonds. The molecule has 0 spiro atoms. The van der Waals surface area contributed by atoms with E-state index in [0.29, 0.717) is 11.3 Å². The summed E-state index contributed by atoms with van der Waals surface area (Å²) in [5.74, 6) is 0.613. The van der Waals surface area contributed by atoms with Crippen LogP contribution in [0.25, 0.3) is 0 Å². The molecule has 3 fully saturated rings. The van der Waals surface area contributed by atoms with Gasteiger partial charge >= 0.3 is 0 Å². The third kappa shape index (κ3) is 1.37. The Morgan fingerprint density at radius 2 is 1.61 bits per heavy atom. The molecule has 3 aliphatic carbocycles. The monoisotopic (exact) mass is 252 g/mol. The van der Waals surface area contributed by atoms with Gasteiger partial charge in [-0.1, -0.05) is 27.7 Å². The lowest BCUT2D eigenvalue weighted by Crippen LogP contribution is -2.64. The molecular formula is C16H28O2. The highest BCUT2D eigenvalue weighted by Gasteiger charge is 2.68. The molecule has 0 aromatic heterocycles. The van der Waals surface area contributed by atoms with E-state index < -0.39 is 5.60 Å². The number of fused-ring (bicyclic) bond motifs is 4. The van der Waals surface area contributed by atoms with Gasteiger partial charge in [-0.2, -0.15) is 0 Å². The number of hydrogen-bond acceptors (Lipinski definition) is 2. The zero-order valence-electron chi connectivity index (χ0n) is 12.3. The van der Waals surface area contributed by atoms with Crippen molar-refractivity contribution in [3.05, 3.63) is 0 Å². The second-order valence-corrected chi connectivity index (χ2v) is 8.59. The minimum Gasteiger partial charge on any atom is -0.393 e. The van der Waals surface area contributed by atoms with Crippen LogP contribution < -0.4 is 0 Å². The van der Waals surface area contributed by atoms with E-state index >= 15 is 0 Å². The maximum Gasteiger partial charge on any atom is 0.0711 e. The van der Waals surface area contributed by atoms with Gasteiger partial charge in [0.1, 0.15) is 0 Å². The Bertz CT molecular complexity index is 377. The molecule has 0 radical (unpaired) electrons. The molecule has 2 N–H and O–H groups in total. The molecule has 3 aliphatic rings. The van der Waals surface area contributed by atoms with Crippen molar-refractivity contribution < 1.29 is 10.2 Å². The highest BCUT2D eigenvalue weighted by atomic mass is 16.3. The Balaban J connectivity index is 2.01. The zero-order valence-corrected chi connectivity index (χ0v) is 12.3. The summed E-state index contributed by atoms with van der Waals surface area (Å²) in [5, 5.41) is 21.6. The number of rotatable bonds is 0. The van der Waals surface area contributed by atoms with Crippen LogP contribution in [0.15, 0.2) is 0 Å². The highest BCUT2D eigenvalue weighted by molar-refractivity contribution is 5.18. The largest absolute Gasteiger partial charge is 0.393 e. The molecule has 5 atom stereocenters. The molecule has 0 saturated heterocycles. The van der Waals surface area contributed by atoms with Gasteiger partial charge < -0.3 is 10.2 Å². The van der Waals surface area contributed by atoms with Crippen LogP contribution in [0.4, 0.5) is 0 Å². The zero-order chi connectivity index (χ0) is 13.4. The maximum absolute atomic E-state index is 11.2. The summed E-state index contributed by atoms with van der Waals surface area (Å²) in [6.07, 6.45) is 5.50. The normalized spacial score (nSPS) is 58.3. The van der Waals surface area contributed by atoms with Crippen LogP contribution in [-0.4, -0.2) is 21.9 Å². The van der Waals surface area contributed by atoms with E-state index in [2.05, 4.69) is 27.7 Å². The van der Waals surface area contributed by atoms with Gasteiger partial charge in [0.15, 0.2) is 0 Å². The summed E-state index contributed by atoms with van der Waals surface area (Å²) in [4.78, 5) is 0. The van der Waals surface area contributed by atoms with Crippen molar-refractivity contribution in [2.75, 3.05) is 0 Å². The van der Waals surface area contributed by atoms with E-state index in [-0.39, 0.29) is 16.9 Å². The van der Waals surface area contributed by atoms with Crippen molar-refractivity contribution in [3.8, 4) is 0 Å². The fourth-order valence-electron chi connectivity index (χ4n) is 5.94. The molecule has 104 valence electrons. The third-order valence-corrected chi connectivity index (χ3v) is 6.93. The molecule has 0 heterocycles. The summed E-state index contributed by atoms with van der Waals surface area (Å²) < 4.78 is 0. The Hall–Kier alpha value is -0.0800. The Labute approximate surface area is 111 Å². The van der Waals surface area contributed by atoms with Gasteiger partial charge in [-0.05, 0) is 55.3 Å². The van der Waals surface area contributed by atoms with E-state index in [0.717, 1.165) is 32.1 Å². The van der Waals surface area contributed by atoms with Crippen molar-refractivity contribution in [2.24, 2.45) is 22.2 Å². The average molecular weight is 252 g/mol. The van der Waals surface area contributed by atoms with Crippen molar-refractivity contribution in [3.63, 3.8) is 0 Å². The predicted octanol–water partition coefficient (Wildman–Crippen LogP) is 3.11. The molecule has 18 heavy (non-hydrogen) atoms. The first-order chi connectivity index (χ1) is 8.13. The van der Waals surface area contributed by atoms with E-state index in [4.69, 9.17) is 0 Å². The first kappa shape index (κ1) is 12.9. The number of hydrogen-bond donors (Lipinski definition) is 2. The van der Waals surface area contributed by atoms with Crippen molar-refractivity contribution >= 4 is 0 Å². The van der Waals surface area contributed by atoms with Crippen LogP contribution in [0.3, 0.4) is 0 Å². The van der Waals surface area contributed by atoms with Crippen molar-refractivity contribution in [1.82, 2.24) is 0 Å². The SMILES string of the molecule is CC1(C)C[C@@]2(C)[C@H]1CC[C@@]1(C)C[C@]2(O)CC[C@@H]1O. The molecule has 2 bridgehead atoms. The fraction of sp³-hybridized carbons (Fsp3) is 1.00. The molecule has 0 unspecified atom stereocenters. The van der Waals surface area contributed by atoms with Gasteiger partial charge in [0.05, 0.1) is 11.7 Å². The molecule has 2 heteroatoms. The minimum atomic E-state index is -0.544. The van der Waals surface area contributed by atoms with Gasteiger partial charge in [0.25, 0.3) is 0 Å². The van der Waals surface area contributed by atoms with Crippen LogP contribution >= 0.6 is 0 Å². The molecule has 3 saturated carbocycles. The Morgan fingerprint density at radius 1 is 0.944 bits per heavy atom. The lowest BCUT2D eigenvalue weighted by atomic mass is 9.41. The summed E-state index contributed by atoms with van der Waals surface area (Å²) in [7, 11) is 0. The quantitative estimate of drug-likeness (QED) is 0.695. The molecule has 0 aromatic rings. The topological polar surface area (TPSA) is 40.5 Å². The molecule has 0 aromatic carbocycles. The van der Waals surface area contributed by atoms with Crippen molar-refractivity contribution in [2.45, 2.75) is 77.9 Å². The summed E-state index contributed by atoms with van der Waals surface area (Å²) in [5.41, 5.74) is -0.168. The van der Waals surface area contributed by atoms with E-state index in [1.54, 1.807) is 0 Å². The fourth-order valence-corrected chi connectivity index (χ4v) is 5.94. The van der Waals surface area contributed by atoms with Crippen LogP contribution in [0, 0.1) is 22.2 Å². The van der Waals surface area contributed by atoms with Gasteiger partial charge in [0.2, 0.25) is 0 Å². The molecule has 0 aliphatic heterocycles. The standard InChI is InChI=1S/C16H28O2/c1-13(2)9-15(4)11(13)5-7-14(3)10-16(15,18)8-6-12(14)17/h11-12,17-18H,5-10H2,1-4H3/t11-,12-,14-,15-,16+/m0/s1. The summed E-state index contributed by atoms with van der Waals surface area (Å²) >= 11 is 0. The smallest absolute Gasteiger partial charge is 0.0711 e. The lowest BCUT2D eigenvalue weighted by molar-refractivity contribution is -0.235. The second kappa shape index (κ2) is 3.32. The third-order valence-electron chi connectivity index (χ3n) is 6.93. The first-order valence-electron chi connectivity index (χ1n) is 7.54. The van der Waals surface area contributed by atoms with Crippen LogP contribution in [0.2, 0.25) is 0 Å². The number of aliphatic hydroxyl groups is 2. The van der Waals surface area contributed by atoms with Gasteiger partial charge in [-0.25, -0.2) is 0 Å². The van der Waals surface area contributed by atoms with Crippen LogP contribution in [-0.2, 0) is 0 Å². The predicted molar refractivity (Wildman–Crippen MR) is 72.1 cm³/mol. The average Bonchev–Trinajstić information content (AvgIpc) is 2.27. The van der Waals surface area contributed by atoms with E-state index in [1.165, 1.54) is 6.42 Å². The molecule has 3 rings (SSSR count). The van der Waals surface area contributed by atoms with Gasteiger partial charge in [0, 0.05) is 5.41 Å². The molecular weight excluding hydrogens is 224 g/mol. The van der Waals surface area contributed by atoms with E-state index in [1.807, 2.05) is 0 Å². The minimum absolute atomic E-state index is 0.0660. The van der Waals surface area contributed by atoms with Crippen LogP contribution in [0.1, 0.15) is 66.2 Å². The maximum atomic E-state index is 11.2. The molecule has 2 nitrogen and oxygen atoms in total.